The van der Waals surface area contributed by atoms with Crippen LogP contribution in [0.25, 0.3) is 11.0 Å². The molecule has 1 aliphatic heterocycles. The molecule has 7 heteroatoms. The quantitative estimate of drug-likeness (QED) is 0.368. The number of carbonyl (C=O) groups is 3. The Hall–Kier alpha value is -3.74. The number of amides is 2. The summed E-state index contributed by atoms with van der Waals surface area (Å²) >= 11 is 0. The number of rotatable bonds is 4. The van der Waals surface area contributed by atoms with Gasteiger partial charge < -0.3 is 9.15 Å². The summed E-state index contributed by atoms with van der Waals surface area (Å²) in [6.07, 6.45) is 2.96. The lowest BCUT2D eigenvalue weighted by atomic mass is 10.0. The van der Waals surface area contributed by atoms with Crippen LogP contribution in [0, 0.1) is 0 Å². The number of esters is 1. The molecule has 1 atom stereocenters. The molecule has 1 aromatic heterocycles. The van der Waals surface area contributed by atoms with Gasteiger partial charge >= 0.3 is 11.6 Å². The Morgan fingerprint density at radius 2 is 1.68 bits per heavy atom. The molecule has 31 heavy (non-hydrogen) atoms. The van der Waals surface area contributed by atoms with Crippen LogP contribution < -0.4 is 5.63 Å². The Labute approximate surface area is 177 Å². The Bertz CT molecular complexity index is 1290. The maximum Gasteiger partial charge on any atom is 0.336 e. The van der Waals surface area contributed by atoms with Crippen LogP contribution in [0.1, 0.15) is 50.8 Å². The summed E-state index contributed by atoms with van der Waals surface area (Å²) < 4.78 is 10.7. The van der Waals surface area contributed by atoms with E-state index < -0.39 is 29.5 Å². The normalized spacial score (nSPS) is 15.8. The fourth-order valence-corrected chi connectivity index (χ4v) is 4.35. The zero-order valence-corrected chi connectivity index (χ0v) is 16.8. The third kappa shape index (κ3) is 3.13. The van der Waals surface area contributed by atoms with Crippen LogP contribution >= 0.6 is 0 Å². The molecular formula is C24H19NO6. The maximum atomic E-state index is 12.7. The van der Waals surface area contributed by atoms with Crippen LogP contribution in [0.2, 0.25) is 0 Å². The molecule has 0 radical (unpaired) electrons. The summed E-state index contributed by atoms with van der Waals surface area (Å²) in [5.74, 6) is -1.77. The summed E-state index contributed by atoms with van der Waals surface area (Å²) in [6.45, 7) is 1.29. The molecule has 0 N–H and O–H groups in total. The first-order valence-corrected chi connectivity index (χ1v) is 10.2. The van der Waals surface area contributed by atoms with Crippen LogP contribution in [0.3, 0.4) is 0 Å². The Morgan fingerprint density at radius 1 is 1.03 bits per heavy atom. The summed E-state index contributed by atoms with van der Waals surface area (Å²) in [5.41, 5.74) is 3.39. The van der Waals surface area contributed by atoms with E-state index in [1.54, 1.807) is 24.3 Å². The predicted octanol–water partition coefficient (Wildman–Crippen LogP) is 3.01. The van der Waals surface area contributed by atoms with E-state index in [1.807, 2.05) is 12.1 Å². The molecular weight excluding hydrogens is 398 g/mol. The first-order valence-electron chi connectivity index (χ1n) is 10.2. The van der Waals surface area contributed by atoms with Crippen molar-refractivity contribution in [3.63, 3.8) is 0 Å². The highest BCUT2D eigenvalue weighted by Crippen LogP contribution is 2.29. The summed E-state index contributed by atoms with van der Waals surface area (Å²) in [7, 11) is 0. The van der Waals surface area contributed by atoms with Gasteiger partial charge in [0.2, 0.25) is 0 Å². The molecule has 1 aliphatic carbocycles. The zero-order valence-electron chi connectivity index (χ0n) is 16.8. The summed E-state index contributed by atoms with van der Waals surface area (Å²) in [6, 6.07) is 10.5. The minimum atomic E-state index is -1.09. The lowest BCUT2D eigenvalue weighted by molar-refractivity contribution is -0.149. The third-order valence-electron chi connectivity index (χ3n) is 5.97. The van der Waals surface area contributed by atoms with Gasteiger partial charge in [0.05, 0.1) is 11.1 Å². The lowest BCUT2D eigenvalue weighted by Gasteiger charge is -2.21. The molecule has 0 fully saturated rings. The minimum Gasteiger partial charge on any atom is -0.459 e. The Morgan fingerprint density at radius 3 is 2.35 bits per heavy atom. The minimum absolute atomic E-state index is 0.159. The first-order chi connectivity index (χ1) is 14.9. The third-order valence-corrected chi connectivity index (χ3v) is 5.97. The van der Waals surface area contributed by atoms with Gasteiger partial charge in [-0.3, -0.25) is 14.5 Å². The average Bonchev–Trinajstić information content (AvgIpc) is 3.32. The lowest BCUT2D eigenvalue weighted by Crippen LogP contribution is -2.43. The van der Waals surface area contributed by atoms with Crippen LogP contribution in [-0.2, 0) is 29.0 Å². The number of hydrogen-bond acceptors (Lipinski definition) is 6. The number of hydrogen-bond donors (Lipinski definition) is 0. The second-order valence-corrected chi connectivity index (χ2v) is 7.87. The summed E-state index contributed by atoms with van der Waals surface area (Å²) in [4.78, 5) is 50.8. The fourth-order valence-electron chi connectivity index (χ4n) is 4.35. The highest BCUT2D eigenvalue weighted by molar-refractivity contribution is 6.22. The molecule has 0 bridgehead atoms. The maximum absolute atomic E-state index is 12.7. The van der Waals surface area contributed by atoms with E-state index in [1.165, 1.54) is 24.1 Å². The SMILES string of the molecule is CC(C(=O)OCc1cc(=O)oc2cc3c(cc12)CCC3)N1C(=O)c2ccccc2C1=O. The first kappa shape index (κ1) is 19.2. The molecule has 0 saturated carbocycles. The topological polar surface area (TPSA) is 93.9 Å². The van der Waals surface area contributed by atoms with E-state index >= 15 is 0 Å². The van der Waals surface area contributed by atoms with E-state index in [-0.39, 0.29) is 17.7 Å². The highest BCUT2D eigenvalue weighted by Gasteiger charge is 2.41. The van der Waals surface area contributed by atoms with Gasteiger partial charge in [-0.2, -0.15) is 0 Å². The second kappa shape index (κ2) is 7.19. The van der Waals surface area contributed by atoms with Crippen molar-refractivity contribution in [2.45, 2.75) is 38.8 Å². The number of carbonyl (C=O) groups excluding carboxylic acids is 3. The van der Waals surface area contributed by atoms with Gasteiger partial charge in [-0.05, 0) is 61.6 Å². The largest absolute Gasteiger partial charge is 0.459 e. The monoisotopic (exact) mass is 417 g/mol. The molecule has 2 aromatic carbocycles. The Balaban J connectivity index is 1.38. The van der Waals surface area contributed by atoms with Crippen LogP contribution in [0.4, 0.5) is 0 Å². The number of nitrogens with zero attached hydrogens (tertiary/aromatic N) is 1. The van der Waals surface area contributed by atoms with Crippen LogP contribution in [0.15, 0.2) is 51.7 Å². The molecule has 0 spiro atoms. The van der Waals surface area contributed by atoms with E-state index in [4.69, 9.17) is 9.15 Å². The molecule has 2 heterocycles. The van der Waals surface area contributed by atoms with E-state index in [0.717, 1.165) is 29.5 Å². The molecule has 5 rings (SSSR count). The van der Waals surface area contributed by atoms with Gasteiger partial charge in [0.25, 0.3) is 11.8 Å². The van der Waals surface area contributed by atoms with E-state index in [0.29, 0.717) is 11.1 Å². The standard InChI is InChI=1S/C24H19NO6/c1-13(25-22(27)17-7-2-3-8-18(17)23(25)28)24(29)30-12-16-11-21(26)31-20-10-15-6-4-5-14(15)9-19(16)20/h2-3,7-11,13H,4-6,12H2,1H3. The number of fused-ring (bicyclic) bond motifs is 3. The number of imide groups is 1. The van der Waals surface area contributed by atoms with E-state index in [9.17, 15) is 19.2 Å². The van der Waals surface area contributed by atoms with Crippen molar-refractivity contribution in [2.24, 2.45) is 0 Å². The average molecular weight is 417 g/mol. The van der Waals surface area contributed by atoms with Gasteiger partial charge in [0, 0.05) is 17.0 Å². The number of ether oxygens (including phenoxy) is 1. The molecule has 2 aliphatic rings. The molecule has 156 valence electrons. The Kier molecular flexibility index (Phi) is 4.46. The molecule has 2 amide bonds. The fraction of sp³-hybridized carbons (Fsp3) is 0.250. The van der Waals surface area contributed by atoms with Crippen molar-refractivity contribution >= 4 is 28.8 Å². The number of aryl methyl sites for hydroxylation is 2. The van der Waals surface area contributed by atoms with Crippen LogP contribution in [-0.4, -0.2) is 28.7 Å². The van der Waals surface area contributed by atoms with Crippen molar-refractivity contribution < 1.29 is 23.5 Å². The van der Waals surface area contributed by atoms with Gasteiger partial charge in [0.1, 0.15) is 18.2 Å². The van der Waals surface area contributed by atoms with Crippen molar-refractivity contribution in [3.05, 3.63) is 80.7 Å². The highest BCUT2D eigenvalue weighted by atomic mass is 16.5. The smallest absolute Gasteiger partial charge is 0.336 e. The van der Waals surface area contributed by atoms with Crippen molar-refractivity contribution in [2.75, 3.05) is 0 Å². The predicted molar refractivity (Wildman–Crippen MR) is 111 cm³/mol. The second-order valence-electron chi connectivity index (χ2n) is 7.87. The van der Waals surface area contributed by atoms with Crippen molar-refractivity contribution in [1.29, 1.82) is 0 Å². The van der Waals surface area contributed by atoms with Gasteiger partial charge in [-0.15, -0.1) is 0 Å². The van der Waals surface area contributed by atoms with Crippen LogP contribution in [0.5, 0.6) is 0 Å². The molecule has 0 saturated heterocycles. The van der Waals surface area contributed by atoms with Gasteiger partial charge in [-0.1, -0.05) is 12.1 Å². The van der Waals surface area contributed by atoms with Crippen molar-refractivity contribution in [3.8, 4) is 0 Å². The zero-order chi connectivity index (χ0) is 21.7. The van der Waals surface area contributed by atoms with E-state index in [2.05, 4.69) is 0 Å². The summed E-state index contributed by atoms with van der Waals surface area (Å²) in [5, 5.41) is 0.724. The molecule has 7 nitrogen and oxygen atoms in total. The van der Waals surface area contributed by atoms with Gasteiger partial charge in [0.15, 0.2) is 0 Å². The molecule has 1 unspecified atom stereocenters. The number of benzene rings is 2. The molecule has 3 aromatic rings. The van der Waals surface area contributed by atoms with Crippen molar-refractivity contribution in [1.82, 2.24) is 4.90 Å². The van der Waals surface area contributed by atoms with Gasteiger partial charge in [-0.25, -0.2) is 9.59 Å².